The molecule has 0 saturated heterocycles. The molecule has 0 radical (unpaired) electrons. The molecule has 0 amide bonds. The minimum Gasteiger partial charge on any atom is -0.0625 e. The van der Waals surface area contributed by atoms with Crippen LogP contribution in [0.25, 0.3) is 0 Å². The zero-order valence-electron chi connectivity index (χ0n) is 9.14. The van der Waals surface area contributed by atoms with Crippen molar-refractivity contribution >= 4 is 0 Å². The van der Waals surface area contributed by atoms with Crippen LogP contribution in [-0.4, -0.2) is 0 Å². The van der Waals surface area contributed by atoms with E-state index in [0.717, 1.165) is 23.7 Å². The van der Waals surface area contributed by atoms with E-state index in [1.54, 1.807) is 0 Å². The van der Waals surface area contributed by atoms with E-state index in [4.69, 9.17) is 0 Å². The van der Waals surface area contributed by atoms with Gasteiger partial charge < -0.3 is 0 Å². The highest BCUT2D eigenvalue weighted by Gasteiger charge is 2.25. The zero-order valence-corrected chi connectivity index (χ0v) is 9.14. The van der Waals surface area contributed by atoms with Crippen LogP contribution in [0.3, 0.4) is 0 Å². The molecule has 1 fully saturated rings. The van der Waals surface area contributed by atoms with Crippen molar-refractivity contribution in [1.82, 2.24) is 0 Å². The first-order valence-corrected chi connectivity index (χ1v) is 5.61. The molecule has 0 spiro atoms. The number of hydrogen-bond donors (Lipinski definition) is 0. The second-order valence-corrected chi connectivity index (χ2v) is 5.17. The van der Waals surface area contributed by atoms with E-state index in [9.17, 15) is 0 Å². The highest BCUT2D eigenvalue weighted by Crippen LogP contribution is 2.36. The highest BCUT2D eigenvalue weighted by molar-refractivity contribution is 4.76. The quantitative estimate of drug-likeness (QED) is 0.582. The Labute approximate surface area is 77.7 Å². The van der Waals surface area contributed by atoms with Crippen molar-refractivity contribution in [3.8, 4) is 0 Å². The fourth-order valence-corrected chi connectivity index (χ4v) is 2.48. The van der Waals surface area contributed by atoms with Gasteiger partial charge in [0.2, 0.25) is 0 Å². The van der Waals surface area contributed by atoms with Gasteiger partial charge in [0.25, 0.3) is 0 Å². The van der Waals surface area contributed by atoms with Gasteiger partial charge in [0.15, 0.2) is 0 Å². The summed E-state index contributed by atoms with van der Waals surface area (Å²) in [5.74, 6) is 3.86. The molecule has 72 valence electrons. The Kier molecular flexibility index (Phi) is 3.61. The van der Waals surface area contributed by atoms with E-state index in [-0.39, 0.29) is 0 Å². The van der Waals surface area contributed by atoms with Crippen molar-refractivity contribution in [3.63, 3.8) is 0 Å². The predicted molar refractivity (Wildman–Crippen MR) is 55.1 cm³/mol. The maximum Gasteiger partial charge on any atom is -0.0388 e. The van der Waals surface area contributed by atoms with Gasteiger partial charge in [0, 0.05) is 0 Å². The molecule has 1 aliphatic carbocycles. The van der Waals surface area contributed by atoms with Gasteiger partial charge in [-0.2, -0.15) is 0 Å². The molecule has 0 unspecified atom stereocenters. The Balaban J connectivity index is 2.40. The van der Waals surface area contributed by atoms with Crippen molar-refractivity contribution in [2.24, 2.45) is 23.7 Å². The third-order valence-corrected chi connectivity index (χ3v) is 3.64. The normalized spacial score (nSPS) is 31.5. The van der Waals surface area contributed by atoms with E-state index in [1.807, 2.05) is 0 Å². The van der Waals surface area contributed by atoms with Crippen LogP contribution < -0.4 is 0 Å². The van der Waals surface area contributed by atoms with Crippen LogP contribution in [0.5, 0.6) is 0 Å². The van der Waals surface area contributed by atoms with Gasteiger partial charge in [-0.3, -0.25) is 0 Å². The summed E-state index contributed by atoms with van der Waals surface area (Å²) in [6.45, 7) is 9.53. The van der Waals surface area contributed by atoms with Gasteiger partial charge in [-0.05, 0) is 30.1 Å². The molecule has 1 saturated carbocycles. The molecule has 0 aromatic heterocycles. The summed E-state index contributed by atoms with van der Waals surface area (Å²) >= 11 is 0. The molecule has 2 atom stereocenters. The minimum atomic E-state index is 0.909. The Bertz CT molecular complexity index is 110. The second kappa shape index (κ2) is 4.30. The smallest absolute Gasteiger partial charge is 0.0388 e. The first-order valence-electron chi connectivity index (χ1n) is 5.61. The monoisotopic (exact) mass is 168 g/mol. The SMILES string of the molecule is CC(C)[C@@H]1CCC[C@@H](C(C)C)C1. The lowest BCUT2D eigenvalue weighted by molar-refractivity contribution is 0.177. The largest absolute Gasteiger partial charge is 0.0625 e. The van der Waals surface area contributed by atoms with Gasteiger partial charge in [0.05, 0.1) is 0 Å². The van der Waals surface area contributed by atoms with E-state index in [1.165, 1.54) is 25.7 Å². The highest BCUT2D eigenvalue weighted by atomic mass is 14.3. The average Bonchev–Trinajstić information content (AvgIpc) is 2.04. The van der Waals surface area contributed by atoms with Crippen molar-refractivity contribution in [3.05, 3.63) is 0 Å². The molecule has 0 aromatic rings. The molecule has 0 N–H and O–H groups in total. The molecule has 0 heterocycles. The van der Waals surface area contributed by atoms with E-state index < -0.39 is 0 Å². The van der Waals surface area contributed by atoms with Crippen LogP contribution in [0.15, 0.2) is 0 Å². The van der Waals surface area contributed by atoms with Gasteiger partial charge >= 0.3 is 0 Å². The van der Waals surface area contributed by atoms with Gasteiger partial charge in [-0.1, -0.05) is 47.0 Å². The van der Waals surface area contributed by atoms with Crippen molar-refractivity contribution in [2.75, 3.05) is 0 Å². The van der Waals surface area contributed by atoms with Crippen LogP contribution in [0.2, 0.25) is 0 Å². The molecule has 0 aromatic carbocycles. The summed E-state index contributed by atoms with van der Waals surface area (Å²) < 4.78 is 0. The Hall–Kier alpha value is 0. The molecular weight excluding hydrogens is 144 g/mol. The molecule has 1 rings (SSSR count). The summed E-state index contributed by atoms with van der Waals surface area (Å²) in [5, 5.41) is 0. The maximum absolute atomic E-state index is 2.38. The Morgan fingerprint density at radius 2 is 1.25 bits per heavy atom. The molecule has 12 heavy (non-hydrogen) atoms. The third-order valence-electron chi connectivity index (χ3n) is 3.64. The maximum atomic E-state index is 2.38. The summed E-state index contributed by atoms with van der Waals surface area (Å²) in [7, 11) is 0. The topological polar surface area (TPSA) is 0 Å². The van der Waals surface area contributed by atoms with Crippen molar-refractivity contribution < 1.29 is 0 Å². The van der Waals surface area contributed by atoms with Gasteiger partial charge in [-0.25, -0.2) is 0 Å². The third kappa shape index (κ3) is 2.50. The molecule has 0 heteroatoms. The summed E-state index contributed by atoms with van der Waals surface area (Å²) in [4.78, 5) is 0. The van der Waals surface area contributed by atoms with Crippen LogP contribution in [-0.2, 0) is 0 Å². The van der Waals surface area contributed by atoms with Crippen molar-refractivity contribution in [2.45, 2.75) is 53.4 Å². The lowest BCUT2D eigenvalue weighted by Crippen LogP contribution is -2.22. The molecule has 0 bridgehead atoms. The molecule has 0 aliphatic heterocycles. The number of hydrogen-bond acceptors (Lipinski definition) is 0. The average molecular weight is 168 g/mol. The van der Waals surface area contributed by atoms with Crippen LogP contribution in [0.1, 0.15) is 53.4 Å². The number of rotatable bonds is 2. The zero-order chi connectivity index (χ0) is 9.14. The van der Waals surface area contributed by atoms with Crippen LogP contribution in [0.4, 0.5) is 0 Å². The fraction of sp³-hybridized carbons (Fsp3) is 1.00. The lowest BCUT2D eigenvalue weighted by Gasteiger charge is -2.33. The predicted octanol–water partition coefficient (Wildman–Crippen LogP) is 4.10. The fourth-order valence-electron chi connectivity index (χ4n) is 2.48. The molecule has 1 aliphatic rings. The first kappa shape index (κ1) is 10.1. The summed E-state index contributed by atoms with van der Waals surface area (Å²) in [6, 6.07) is 0. The van der Waals surface area contributed by atoms with Gasteiger partial charge in [-0.15, -0.1) is 0 Å². The standard InChI is InChI=1S/C12H24/c1-9(2)11-6-5-7-12(8-11)10(3)4/h9-12H,5-8H2,1-4H3/t11-,12-/m1/s1. The van der Waals surface area contributed by atoms with Crippen LogP contribution in [0, 0.1) is 23.7 Å². The second-order valence-electron chi connectivity index (χ2n) is 5.17. The van der Waals surface area contributed by atoms with Crippen molar-refractivity contribution in [1.29, 1.82) is 0 Å². The molecule has 0 nitrogen and oxygen atoms in total. The Morgan fingerprint density at radius 1 is 0.833 bits per heavy atom. The molecular formula is C12H24. The first-order chi connectivity index (χ1) is 5.61. The van der Waals surface area contributed by atoms with E-state index in [0.29, 0.717) is 0 Å². The van der Waals surface area contributed by atoms with Gasteiger partial charge in [0.1, 0.15) is 0 Å². The van der Waals surface area contributed by atoms with E-state index >= 15 is 0 Å². The minimum absolute atomic E-state index is 0.909. The van der Waals surface area contributed by atoms with E-state index in [2.05, 4.69) is 27.7 Å². The Morgan fingerprint density at radius 3 is 1.58 bits per heavy atom. The summed E-state index contributed by atoms with van der Waals surface area (Å²) in [5.41, 5.74) is 0. The van der Waals surface area contributed by atoms with Crippen LogP contribution >= 0.6 is 0 Å². The summed E-state index contributed by atoms with van der Waals surface area (Å²) in [6.07, 6.45) is 5.95. The lowest BCUT2D eigenvalue weighted by atomic mass is 9.72.